The molecule has 1 heterocycles. The van der Waals surface area contributed by atoms with Crippen molar-refractivity contribution >= 4 is 11.6 Å². The Hall–Kier alpha value is -1.85. The van der Waals surface area contributed by atoms with E-state index in [2.05, 4.69) is 0 Å². The number of amides is 1. The molecule has 12 heavy (non-hydrogen) atoms. The molecule has 0 saturated carbocycles. The summed E-state index contributed by atoms with van der Waals surface area (Å²) in [6.45, 7) is 1.39. The first-order chi connectivity index (χ1) is 5.52. The number of nitro groups is 1. The Labute approximate surface area is 67.1 Å². The number of carbonyl (C=O) groups is 1. The van der Waals surface area contributed by atoms with E-state index >= 15 is 0 Å². The molecular formula is C6H6N2O4. The monoisotopic (exact) mass is 170 g/mol. The second kappa shape index (κ2) is 2.65. The molecular weight excluding hydrogens is 164 g/mol. The Morgan fingerprint density at radius 3 is 2.58 bits per heavy atom. The zero-order chi connectivity index (χ0) is 9.30. The van der Waals surface area contributed by atoms with Crippen molar-refractivity contribution in [2.75, 3.05) is 0 Å². The minimum atomic E-state index is -0.814. The minimum Gasteiger partial charge on any atom is -0.449 e. The lowest BCUT2D eigenvalue weighted by molar-refractivity contribution is -0.385. The quantitative estimate of drug-likeness (QED) is 0.518. The van der Waals surface area contributed by atoms with E-state index in [1.807, 2.05) is 0 Å². The van der Waals surface area contributed by atoms with Crippen LogP contribution in [-0.4, -0.2) is 10.8 Å². The lowest BCUT2D eigenvalue weighted by Gasteiger charge is -1.83. The van der Waals surface area contributed by atoms with Crippen LogP contribution in [0.25, 0.3) is 0 Å². The number of furan rings is 1. The molecule has 6 heteroatoms. The Balaban J connectivity index is 3.17. The lowest BCUT2D eigenvalue weighted by atomic mass is 10.4. The van der Waals surface area contributed by atoms with E-state index < -0.39 is 10.8 Å². The van der Waals surface area contributed by atoms with Crippen molar-refractivity contribution in [1.82, 2.24) is 0 Å². The van der Waals surface area contributed by atoms with Crippen LogP contribution in [0.4, 0.5) is 5.69 Å². The molecule has 0 bridgehead atoms. The molecule has 0 fully saturated rings. The van der Waals surface area contributed by atoms with Crippen LogP contribution in [0, 0.1) is 17.0 Å². The summed E-state index contributed by atoms with van der Waals surface area (Å²) < 4.78 is 4.72. The number of hydrogen-bond donors (Lipinski definition) is 1. The van der Waals surface area contributed by atoms with Crippen molar-refractivity contribution in [1.29, 1.82) is 0 Å². The van der Waals surface area contributed by atoms with Gasteiger partial charge in [0, 0.05) is 6.92 Å². The van der Waals surface area contributed by atoms with Gasteiger partial charge in [-0.3, -0.25) is 14.9 Å². The Kier molecular flexibility index (Phi) is 1.82. The SMILES string of the molecule is Cc1oc(C(N)=O)cc1[N+](=O)[O-]. The molecule has 0 spiro atoms. The van der Waals surface area contributed by atoms with E-state index in [9.17, 15) is 14.9 Å². The minimum absolute atomic E-state index is 0.0776. The van der Waals surface area contributed by atoms with E-state index in [1.165, 1.54) is 6.92 Å². The number of nitrogens with zero attached hydrogens (tertiary/aromatic N) is 1. The van der Waals surface area contributed by atoms with Crippen molar-refractivity contribution in [2.24, 2.45) is 5.73 Å². The van der Waals surface area contributed by atoms with E-state index in [4.69, 9.17) is 10.2 Å². The molecule has 1 aromatic heterocycles. The third-order valence-corrected chi connectivity index (χ3v) is 1.33. The van der Waals surface area contributed by atoms with E-state index in [1.54, 1.807) is 0 Å². The third kappa shape index (κ3) is 1.26. The Bertz CT molecular complexity index is 341. The van der Waals surface area contributed by atoms with Gasteiger partial charge in [0.15, 0.2) is 11.5 Å². The fourth-order valence-electron chi connectivity index (χ4n) is 0.775. The predicted octanol–water partition coefficient (Wildman–Crippen LogP) is 0.595. The summed E-state index contributed by atoms with van der Waals surface area (Å²) in [7, 11) is 0. The highest BCUT2D eigenvalue weighted by Crippen LogP contribution is 2.21. The second-order valence-corrected chi connectivity index (χ2v) is 2.17. The molecule has 1 rings (SSSR count). The number of nitrogens with two attached hydrogens (primary N) is 1. The van der Waals surface area contributed by atoms with Crippen LogP contribution in [0.5, 0.6) is 0 Å². The second-order valence-electron chi connectivity index (χ2n) is 2.17. The standard InChI is InChI=1S/C6H6N2O4/c1-3-4(8(10)11)2-5(12-3)6(7)9/h2H,1H3,(H2,7,9). The number of carbonyl (C=O) groups excluding carboxylic acids is 1. The molecule has 0 aliphatic heterocycles. The van der Waals surface area contributed by atoms with Crippen molar-refractivity contribution in [3.8, 4) is 0 Å². The van der Waals surface area contributed by atoms with Crippen molar-refractivity contribution in [2.45, 2.75) is 6.92 Å². The maximum atomic E-state index is 10.5. The Morgan fingerprint density at radius 2 is 2.33 bits per heavy atom. The van der Waals surface area contributed by atoms with Crippen LogP contribution in [0.1, 0.15) is 16.3 Å². The van der Waals surface area contributed by atoms with Gasteiger partial charge in [-0.2, -0.15) is 0 Å². The van der Waals surface area contributed by atoms with E-state index in [0.29, 0.717) is 0 Å². The first-order valence-electron chi connectivity index (χ1n) is 3.07. The normalized spacial score (nSPS) is 9.75. The summed E-state index contributed by atoms with van der Waals surface area (Å²) >= 11 is 0. The Morgan fingerprint density at radius 1 is 1.75 bits per heavy atom. The molecule has 0 aliphatic rings. The van der Waals surface area contributed by atoms with Crippen LogP contribution < -0.4 is 5.73 Å². The van der Waals surface area contributed by atoms with Crippen LogP contribution in [0.15, 0.2) is 10.5 Å². The molecule has 1 amide bonds. The number of hydrogen-bond acceptors (Lipinski definition) is 4. The lowest BCUT2D eigenvalue weighted by Crippen LogP contribution is -2.09. The molecule has 1 aromatic rings. The summed E-state index contributed by atoms with van der Waals surface area (Å²) in [5, 5.41) is 10.3. The van der Waals surface area contributed by atoms with Crippen LogP contribution in [-0.2, 0) is 0 Å². The highest BCUT2D eigenvalue weighted by Gasteiger charge is 2.19. The van der Waals surface area contributed by atoms with Crippen molar-refractivity contribution in [3.05, 3.63) is 27.7 Å². The molecule has 0 atom stereocenters. The van der Waals surface area contributed by atoms with Gasteiger partial charge in [0.1, 0.15) is 0 Å². The average molecular weight is 170 g/mol. The molecule has 0 unspecified atom stereocenters. The van der Waals surface area contributed by atoms with Gasteiger partial charge in [0.2, 0.25) is 0 Å². The van der Waals surface area contributed by atoms with Crippen molar-refractivity contribution in [3.63, 3.8) is 0 Å². The summed E-state index contributed by atoms with van der Waals surface area (Å²) in [6.07, 6.45) is 0. The van der Waals surface area contributed by atoms with Gasteiger partial charge in [0.05, 0.1) is 11.0 Å². The summed E-state index contributed by atoms with van der Waals surface area (Å²) in [5.41, 5.74) is 4.61. The average Bonchev–Trinajstić information content (AvgIpc) is 2.30. The number of aryl methyl sites for hydroxylation is 1. The van der Waals surface area contributed by atoms with E-state index in [0.717, 1.165) is 6.07 Å². The molecule has 64 valence electrons. The smallest absolute Gasteiger partial charge is 0.310 e. The molecule has 6 nitrogen and oxygen atoms in total. The van der Waals surface area contributed by atoms with Gasteiger partial charge < -0.3 is 10.2 Å². The number of rotatable bonds is 2. The molecule has 0 aromatic carbocycles. The maximum Gasteiger partial charge on any atom is 0.310 e. The summed E-state index contributed by atoms with van der Waals surface area (Å²) in [4.78, 5) is 20.1. The van der Waals surface area contributed by atoms with Gasteiger partial charge in [-0.15, -0.1) is 0 Å². The first-order valence-corrected chi connectivity index (χ1v) is 3.07. The van der Waals surface area contributed by atoms with Gasteiger partial charge in [-0.1, -0.05) is 0 Å². The highest BCUT2D eigenvalue weighted by atomic mass is 16.6. The van der Waals surface area contributed by atoms with Crippen LogP contribution in [0.2, 0.25) is 0 Å². The van der Waals surface area contributed by atoms with Crippen molar-refractivity contribution < 1.29 is 14.1 Å². The van der Waals surface area contributed by atoms with Gasteiger partial charge >= 0.3 is 5.69 Å². The van der Waals surface area contributed by atoms with Gasteiger partial charge in [-0.25, -0.2) is 0 Å². The molecule has 0 saturated heterocycles. The number of primary amides is 1. The fraction of sp³-hybridized carbons (Fsp3) is 0.167. The fourth-order valence-corrected chi connectivity index (χ4v) is 0.775. The first kappa shape index (κ1) is 8.25. The zero-order valence-electron chi connectivity index (χ0n) is 6.23. The van der Waals surface area contributed by atoms with Gasteiger partial charge in [0.25, 0.3) is 5.91 Å². The predicted molar refractivity (Wildman–Crippen MR) is 38.6 cm³/mol. The van der Waals surface area contributed by atoms with E-state index in [-0.39, 0.29) is 17.2 Å². The third-order valence-electron chi connectivity index (χ3n) is 1.33. The topological polar surface area (TPSA) is 99.4 Å². The zero-order valence-corrected chi connectivity index (χ0v) is 6.23. The highest BCUT2D eigenvalue weighted by molar-refractivity contribution is 5.90. The molecule has 0 aliphatic carbocycles. The van der Waals surface area contributed by atoms with Crippen LogP contribution >= 0.6 is 0 Å². The largest absolute Gasteiger partial charge is 0.449 e. The van der Waals surface area contributed by atoms with Gasteiger partial charge in [-0.05, 0) is 0 Å². The molecule has 2 N–H and O–H groups in total. The van der Waals surface area contributed by atoms with Crippen LogP contribution in [0.3, 0.4) is 0 Å². The summed E-state index contributed by atoms with van der Waals surface area (Å²) in [6, 6.07) is 1.01. The summed E-state index contributed by atoms with van der Waals surface area (Å²) in [5.74, 6) is -0.931. The maximum absolute atomic E-state index is 10.5. The molecule has 0 radical (unpaired) electrons.